The van der Waals surface area contributed by atoms with Crippen molar-refractivity contribution < 1.29 is 14.3 Å². The molecule has 1 N–H and O–H groups in total. The lowest BCUT2D eigenvalue weighted by Gasteiger charge is -2.09. The standard InChI is InChI=1S/C23H25N3O3/c1-16-6-8-19(9-7-16)26-14-21(23(27)24-13-17-10-11-29-15-17)22(25-26)18-4-3-5-20(12-18)28-2/h3-9,12,14,17H,10-11,13,15H2,1-2H3,(H,24,27). The number of rotatable bonds is 6. The largest absolute Gasteiger partial charge is 0.497 e. The van der Waals surface area contributed by atoms with Crippen LogP contribution in [0.3, 0.4) is 0 Å². The molecule has 0 aliphatic carbocycles. The fourth-order valence-corrected chi connectivity index (χ4v) is 3.43. The van der Waals surface area contributed by atoms with Gasteiger partial charge in [-0.15, -0.1) is 0 Å². The highest BCUT2D eigenvalue weighted by molar-refractivity contribution is 6.00. The normalized spacial score (nSPS) is 16.0. The minimum absolute atomic E-state index is 0.131. The third-order valence-corrected chi connectivity index (χ3v) is 5.18. The van der Waals surface area contributed by atoms with Gasteiger partial charge in [0.2, 0.25) is 0 Å². The van der Waals surface area contributed by atoms with Crippen LogP contribution in [0.4, 0.5) is 0 Å². The highest BCUT2D eigenvalue weighted by Crippen LogP contribution is 2.27. The quantitative estimate of drug-likeness (QED) is 0.697. The van der Waals surface area contributed by atoms with Gasteiger partial charge in [-0.1, -0.05) is 29.8 Å². The Bertz CT molecular complexity index is 989. The van der Waals surface area contributed by atoms with Crippen molar-refractivity contribution in [3.63, 3.8) is 0 Å². The maximum Gasteiger partial charge on any atom is 0.255 e. The van der Waals surface area contributed by atoms with E-state index >= 15 is 0 Å². The second kappa shape index (κ2) is 8.49. The van der Waals surface area contributed by atoms with Crippen LogP contribution in [0.5, 0.6) is 5.75 Å². The van der Waals surface area contributed by atoms with Gasteiger partial charge >= 0.3 is 0 Å². The van der Waals surface area contributed by atoms with Crippen molar-refractivity contribution in [2.45, 2.75) is 13.3 Å². The molecule has 2 heterocycles. The van der Waals surface area contributed by atoms with Gasteiger partial charge in [0.15, 0.2) is 0 Å². The summed E-state index contributed by atoms with van der Waals surface area (Å²) in [6, 6.07) is 15.7. The van der Waals surface area contributed by atoms with Crippen LogP contribution in [0.25, 0.3) is 16.9 Å². The van der Waals surface area contributed by atoms with Gasteiger partial charge in [-0.3, -0.25) is 4.79 Å². The van der Waals surface area contributed by atoms with E-state index in [1.54, 1.807) is 18.0 Å². The molecule has 1 fully saturated rings. The first-order valence-electron chi connectivity index (χ1n) is 9.81. The minimum atomic E-state index is -0.131. The molecule has 1 aliphatic rings. The van der Waals surface area contributed by atoms with Crippen LogP contribution in [-0.2, 0) is 4.74 Å². The van der Waals surface area contributed by atoms with E-state index in [4.69, 9.17) is 14.6 Å². The summed E-state index contributed by atoms with van der Waals surface area (Å²) in [5, 5.41) is 7.78. The Morgan fingerprint density at radius 1 is 1.28 bits per heavy atom. The van der Waals surface area contributed by atoms with Gasteiger partial charge in [-0.05, 0) is 37.6 Å². The molecule has 1 aromatic heterocycles. The first-order chi connectivity index (χ1) is 14.1. The Morgan fingerprint density at radius 3 is 2.83 bits per heavy atom. The zero-order valence-electron chi connectivity index (χ0n) is 16.7. The molecule has 29 heavy (non-hydrogen) atoms. The number of methoxy groups -OCH3 is 1. The molecule has 150 valence electrons. The fraction of sp³-hybridized carbons (Fsp3) is 0.304. The molecule has 1 atom stereocenters. The number of benzene rings is 2. The van der Waals surface area contributed by atoms with Crippen molar-refractivity contribution in [3.8, 4) is 22.7 Å². The highest BCUT2D eigenvalue weighted by Gasteiger charge is 2.21. The molecular formula is C23H25N3O3. The predicted octanol–water partition coefficient (Wildman–Crippen LogP) is 3.62. The van der Waals surface area contributed by atoms with E-state index in [-0.39, 0.29) is 5.91 Å². The number of aryl methyl sites for hydroxylation is 1. The summed E-state index contributed by atoms with van der Waals surface area (Å²) >= 11 is 0. The molecule has 0 radical (unpaired) electrons. The number of ether oxygens (including phenoxy) is 2. The number of amides is 1. The molecule has 3 aromatic rings. The summed E-state index contributed by atoms with van der Waals surface area (Å²) in [5.74, 6) is 0.960. The molecule has 6 heteroatoms. The maximum absolute atomic E-state index is 13.0. The number of nitrogens with one attached hydrogen (secondary N) is 1. The van der Waals surface area contributed by atoms with Crippen LogP contribution >= 0.6 is 0 Å². The Balaban J connectivity index is 1.68. The minimum Gasteiger partial charge on any atom is -0.497 e. The van der Waals surface area contributed by atoms with Crippen molar-refractivity contribution in [2.75, 3.05) is 26.9 Å². The van der Waals surface area contributed by atoms with E-state index < -0.39 is 0 Å². The second-order valence-electron chi connectivity index (χ2n) is 7.34. The summed E-state index contributed by atoms with van der Waals surface area (Å²) in [7, 11) is 1.63. The summed E-state index contributed by atoms with van der Waals surface area (Å²) in [6.07, 6.45) is 2.77. The van der Waals surface area contributed by atoms with Gasteiger partial charge in [-0.2, -0.15) is 5.10 Å². The number of aromatic nitrogens is 2. The summed E-state index contributed by atoms with van der Waals surface area (Å²) in [6.45, 7) is 4.11. The van der Waals surface area contributed by atoms with E-state index in [0.29, 0.717) is 30.3 Å². The van der Waals surface area contributed by atoms with Crippen LogP contribution in [-0.4, -0.2) is 42.6 Å². The average molecular weight is 391 g/mol. The Labute approximate surface area is 170 Å². The van der Waals surface area contributed by atoms with Crippen LogP contribution < -0.4 is 10.1 Å². The van der Waals surface area contributed by atoms with Gasteiger partial charge in [-0.25, -0.2) is 4.68 Å². The van der Waals surface area contributed by atoms with Crippen molar-refractivity contribution in [1.82, 2.24) is 15.1 Å². The molecule has 0 bridgehead atoms. The van der Waals surface area contributed by atoms with Crippen LogP contribution in [0, 0.1) is 12.8 Å². The summed E-state index contributed by atoms with van der Waals surface area (Å²) in [5.41, 5.74) is 4.08. The smallest absolute Gasteiger partial charge is 0.255 e. The molecule has 6 nitrogen and oxygen atoms in total. The third kappa shape index (κ3) is 4.32. The molecule has 1 saturated heterocycles. The molecule has 1 unspecified atom stereocenters. The van der Waals surface area contributed by atoms with Crippen LogP contribution in [0.2, 0.25) is 0 Å². The fourth-order valence-electron chi connectivity index (χ4n) is 3.43. The van der Waals surface area contributed by atoms with Gasteiger partial charge in [0.1, 0.15) is 11.4 Å². The first-order valence-corrected chi connectivity index (χ1v) is 9.81. The Kier molecular flexibility index (Phi) is 5.62. The zero-order chi connectivity index (χ0) is 20.2. The molecule has 0 saturated carbocycles. The number of nitrogens with zero attached hydrogens (tertiary/aromatic N) is 2. The zero-order valence-corrected chi connectivity index (χ0v) is 16.7. The topological polar surface area (TPSA) is 65.4 Å². The predicted molar refractivity (Wildman–Crippen MR) is 112 cm³/mol. The van der Waals surface area contributed by atoms with Crippen LogP contribution in [0.1, 0.15) is 22.3 Å². The Hall–Kier alpha value is -3.12. The highest BCUT2D eigenvalue weighted by atomic mass is 16.5. The van der Waals surface area contributed by atoms with E-state index in [2.05, 4.69) is 5.32 Å². The number of carbonyl (C=O) groups excluding carboxylic acids is 1. The van der Waals surface area contributed by atoms with Gasteiger partial charge in [0.25, 0.3) is 5.91 Å². The van der Waals surface area contributed by atoms with Crippen molar-refractivity contribution >= 4 is 5.91 Å². The molecule has 1 aliphatic heterocycles. The van der Waals surface area contributed by atoms with Crippen molar-refractivity contribution in [2.24, 2.45) is 5.92 Å². The summed E-state index contributed by atoms with van der Waals surface area (Å²) in [4.78, 5) is 13.0. The third-order valence-electron chi connectivity index (χ3n) is 5.18. The first kappa shape index (κ1) is 19.2. The van der Waals surface area contributed by atoms with Gasteiger partial charge < -0.3 is 14.8 Å². The number of carbonyl (C=O) groups is 1. The lowest BCUT2D eigenvalue weighted by Crippen LogP contribution is -2.29. The summed E-state index contributed by atoms with van der Waals surface area (Å²) < 4.78 is 12.5. The number of hydrogen-bond acceptors (Lipinski definition) is 4. The molecular weight excluding hydrogens is 366 g/mol. The Morgan fingerprint density at radius 2 is 2.10 bits per heavy atom. The SMILES string of the molecule is COc1cccc(-c2nn(-c3ccc(C)cc3)cc2C(=O)NCC2CCOC2)c1. The maximum atomic E-state index is 13.0. The van der Waals surface area contributed by atoms with E-state index in [9.17, 15) is 4.79 Å². The van der Waals surface area contributed by atoms with Gasteiger partial charge in [0, 0.05) is 30.8 Å². The molecule has 0 spiro atoms. The molecule has 4 rings (SSSR count). The van der Waals surface area contributed by atoms with E-state index in [1.165, 1.54) is 5.56 Å². The average Bonchev–Trinajstić information content (AvgIpc) is 3.43. The molecule has 2 aromatic carbocycles. The van der Waals surface area contributed by atoms with E-state index in [0.717, 1.165) is 30.0 Å². The van der Waals surface area contributed by atoms with E-state index in [1.807, 2.05) is 55.5 Å². The monoisotopic (exact) mass is 391 g/mol. The van der Waals surface area contributed by atoms with Crippen molar-refractivity contribution in [1.29, 1.82) is 0 Å². The lowest BCUT2D eigenvalue weighted by atomic mass is 10.1. The second-order valence-corrected chi connectivity index (χ2v) is 7.34. The molecule has 1 amide bonds. The van der Waals surface area contributed by atoms with Crippen molar-refractivity contribution in [3.05, 3.63) is 65.9 Å². The van der Waals surface area contributed by atoms with Crippen LogP contribution in [0.15, 0.2) is 54.7 Å². The van der Waals surface area contributed by atoms with Gasteiger partial charge in [0.05, 0.1) is 25.0 Å². The number of hydrogen-bond donors (Lipinski definition) is 1. The lowest BCUT2D eigenvalue weighted by molar-refractivity contribution is 0.0945.